The monoisotopic (exact) mass is 353 g/mol. The standard InChI is InChI=1S/C13H12IN3O/c14-11-2-4-12(5-3-11)17-13(18)6-1-10-7-15-9-16-8-10/h2-5,7-9H,1,6H2,(H,17,18). The zero-order chi connectivity index (χ0) is 12.8. The summed E-state index contributed by atoms with van der Waals surface area (Å²) in [5, 5.41) is 2.86. The number of hydrogen-bond donors (Lipinski definition) is 1. The molecule has 5 heteroatoms. The Bertz CT molecular complexity index is 514. The average molecular weight is 353 g/mol. The summed E-state index contributed by atoms with van der Waals surface area (Å²) in [6.07, 6.45) is 6.02. The molecule has 1 N–H and O–H groups in total. The van der Waals surface area contributed by atoms with Crippen molar-refractivity contribution in [3.05, 3.63) is 52.1 Å². The summed E-state index contributed by atoms with van der Waals surface area (Å²) in [4.78, 5) is 19.5. The molecule has 0 atom stereocenters. The van der Waals surface area contributed by atoms with Gasteiger partial charge in [0.05, 0.1) is 0 Å². The highest BCUT2D eigenvalue weighted by molar-refractivity contribution is 14.1. The number of nitrogens with one attached hydrogen (secondary N) is 1. The minimum Gasteiger partial charge on any atom is -0.326 e. The summed E-state index contributed by atoms with van der Waals surface area (Å²) < 4.78 is 1.15. The van der Waals surface area contributed by atoms with Crippen molar-refractivity contribution < 1.29 is 4.79 Å². The third-order valence-corrected chi connectivity index (χ3v) is 3.10. The molecule has 2 rings (SSSR count). The fourth-order valence-corrected chi connectivity index (χ4v) is 1.83. The molecule has 2 aromatic rings. The van der Waals surface area contributed by atoms with Crippen molar-refractivity contribution in [3.63, 3.8) is 0 Å². The summed E-state index contributed by atoms with van der Waals surface area (Å²) in [5.41, 5.74) is 1.79. The van der Waals surface area contributed by atoms with Gasteiger partial charge in [0.15, 0.2) is 0 Å². The van der Waals surface area contributed by atoms with Crippen LogP contribution in [-0.2, 0) is 11.2 Å². The molecule has 0 aliphatic carbocycles. The average Bonchev–Trinajstić information content (AvgIpc) is 2.40. The van der Waals surface area contributed by atoms with E-state index in [4.69, 9.17) is 0 Å². The number of anilines is 1. The van der Waals surface area contributed by atoms with Crippen LogP contribution in [0.4, 0.5) is 5.69 Å². The molecule has 0 bridgehead atoms. The largest absolute Gasteiger partial charge is 0.326 e. The molecular weight excluding hydrogens is 341 g/mol. The van der Waals surface area contributed by atoms with Gasteiger partial charge in [0, 0.05) is 28.1 Å². The second kappa shape index (κ2) is 6.44. The molecule has 0 saturated carbocycles. The van der Waals surface area contributed by atoms with E-state index in [9.17, 15) is 4.79 Å². The normalized spacial score (nSPS) is 10.1. The van der Waals surface area contributed by atoms with Crippen LogP contribution in [0.2, 0.25) is 0 Å². The fraction of sp³-hybridized carbons (Fsp3) is 0.154. The zero-order valence-electron chi connectivity index (χ0n) is 9.64. The van der Waals surface area contributed by atoms with Crippen LogP contribution in [0.15, 0.2) is 43.0 Å². The molecule has 0 fully saturated rings. The summed E-state index contributed by atoms with van der Waals surface area (Å²) in [6, 6.07) is 7.71. The van der Waals surface area contributed by atoms with E-state index in [2.05, 4.69) is 37.9 Å². The van der Waals surface area contributed by atoms with Crippen molar-refractivity contribution in [1.29, 1.82) is 0 Å². The Kier molecular flexibility index (Phi) is 4.63. The summed E-state index contributed by atoms with van der Waals surface area (Å²) in [6.45, 7) is 0. The molecule has 0 saturated heterocycles. The van der Waals surface area contributed by atoms with Gasteiger partial charge in [-0.05, 0) is 58.8 Å². The lowest BCUT2D eigenvalue weighted by Crippen LogP contribution is -2.12. The first-order valence-electron chi connectivity index (χ1n) is 5.53. The van der Waals surface area contributed by atoms with Gasteiger partial charge in [0.25, 0.3) is 0 Å². The fourth-order valence-electron chi connectivity index (χ4n) is 1.47. The lowest BCUT2D eigenvalue weighted by molar-refractivity contribution is -0.116. The molecule has 1 amide bonds. The minimum absolute atomic E-state index is 0.0000567. The van der Waals surface area contributed by atoms with Gasteiger partial charge in [-0.1, -0.05) is 0 Å². The van der Waals surface area contributed by atoms with Crippen molar-refractivity contribution in [2.75, 3.05) is 5.32 Å². The Morgan fingerprint density at radius 3 is 2.50 bits per heavy atom. The van der Waals surface area contributed by atoms with Crippen molar-refractivity contribution in [3.8, 4) is 0 Å². The van der Waals surface area contributed by atoms with Crippen LogP contribution < -0.4 is 5.32 Å². The second-order valence-electron chi connectivity index (χ2n) is 3.80. The Balaban J connectivity index is 1.84. The number of halogens is 1. The summed E-state index contributed by atoms with van der Waals surface area (Å²) in [7, 11) is 0. The van der Waals surface area contributed by atoms with Crippen LogP contribution in [-0.4, -0.2) is 15.9 Å². The Labute approximate surface area is 119 Å². The highest BCUT2D eigenvalue weighted by atomic mass is 127. The van der Waals surface area contributed by atoms with Crippen LogP contribution in [0.3, 0.4) is 0 Å². The van der Waals surface area contributed by atoms with Crippen LogP contribution in [0.1, 0.15) is 12.0 Å². The zero-order valence-corrected chi connectivity index (χ0v) is 11.8. The van der Waals surface area contributed by atoms with Gasteiger partial charge in [-0.3, -0.25) is 4.79 Å². The van der Waals surface area contributed by atoms with E-state index in [0.717, 1.165) is 14.8 Å². The molecule has 1 aromatic carbocycles. The summed E-state index contributed by atoms with van der Waals surface area (Å²) >= 11 is 2.23. The lowest BCUT2D eigenvalue weighted by Gasteiger charge is -2.05. The highest BCUT2D eigenvalue weighted by Gasteiger charge is 2.03. The number of benzene rings is 1. The van der Waals surface area contributed by atoms with E-state index in [-0.39, 0.29) is 5.91 Å². The highest BCUT2D eigenvalue weighted by Crippen LogP contribution is 2.11. The molecule has 0 aliphatic rings. The van der Waals surface area contributed by atoms with Gasteiger partial charge in [-0.15, -0.1) is 0 Å². The lowest BCUT2D eigenvalue weighted by atomic mass is 10.2. The molecule has 92 valence electrons. The van der Waals surface area contributed by atoms with Crippen LogP contribution in [0.5, 0.6) is 0 Å². The maximum absolute atomic E-state index is 11.7. The minimum atomic E-state index is 0.0000567. The Morgan fingerprint density at radius 2 is 1.83 bits per heavy atom. The molecule has 0 spiro atoms. The van der Waals surface area contributed by atoms with Crippen molar-refractivity contribution in [2.24, 2.45) is 0 Å². The molecule has 0 radical (unpaired) electrons. The predicted octanol–water partition coefficient (Wildman–Crippen LogP) is 2.65. The van der Waals surface area contributed by atoms with Crippen LogP contribution >= 0.6 is 22.6 Å². The first-order valence-corrected chi connectivity index (χ1v) is 6.61. The van der Waals surface area contributed by atoms with Crippen molar-refractivity contribution in [2.45, 2.75) is 12.8 Å². The van der Waals surface area contributed by atoms with Gasteiger partial charge in [0.1, 0.15) is 6.33 Å². The quantitative estimate of drug-likeness (QED) is 0.860. The molecule has 18 heavy (non-hydrogen) atoms. The number of aromatic nitrogens is 2. The summed E-state index contributed by atoms with van der Waals surface area (Å²) in [5.74, 6) is 0.0000567. The van der Waals surface area contributed by atoms with E-state index in [1.165, 1.54) is 6.33 Å². The van der Waals surface area contributed by atoms with Crippen molar-refractivity contribution in [1.82, 2.24) is 9.97 Å². The topological polar surface area (TPSA) is 54.9 Å². The Hall–Kier alpha value is -1.50. The van der Waals surface area contributed by atoms with E-state index in [1.807, 2.05) is 24.3 Å². The van der Waals surface area contributed by atoms with Gasteiger partial charge < -0.3 is 5.32 Å². The van der Waals surface area contributed by atoms with Gasteiger partial charge in [-0.2, -0.15) is 0 Å². The number of aryl methyl sites for hydroxylation is 1. The Morgan fingerprint density at radius 1 is 1.17 bits per heavy atom. The maximum Gasteiger partial charge on any atom is 0.224 e. The predicted molar refractivity (Wildman–Crippen MR) is 78.1 cm³/mol. The molecule has 0 unspecified atom stereocenters. The molecule has 4 nitrogen and oxygen atoms in total. The second-order valence-corrected chi connectivity index (χ2v) is 5.05. The van der Waals surface area contributed by atoms with Gasteiger partial charge in [-0.25, -0.2) is 9.97 Å². The van der Waals surface area contributed by atoms with Crippen LogP contribution in [0.25, 0.3) is 0 Å². The number of carbonyl (C=O) groups is 1. The first kappa shape index (κ1) is 12.9. The van der Waals surface area contributed by atoms with E-state index in [1.54, 1.807) is 12.4 Å². The smallest absolute Gasteiger partial charge is 0.224 e. The molecule has 1 aromatic heterocycles. The van der Waals surface area contributed by atoms with Crippen molar-refractivity contribution >= 4 is 34.2 Å². The van der Waals surface area contributed by atoms with Gasteiger partial charge in [0.2, 0.25) is 5.91 Å². The number of hydrogen-bond acceptors (Lipinski definition) is 3. The SMILES string of the molecule is O=C(CCc1cncnc1)Nc1ccc(I)cc1. The first-order chi connectivity index (χ1) is 8.74. The molecular formula is C13H12IN3O. The van der Waals surface area contributed by atoms with E-state index >= 15 is 0 Å². The molecule has 0 aliphatic heterocycles. The van der Waals surface area contributed by atoms with Gasteiger partial charge >= 0.3 is 0 Å². The van der Waals surface area contributed by atoms with E-state index < -0.39 is 0 Å². The molecule has 1 heterocycles. The third kappa shape index (κ3) is 4.06. The number of amides is 1. The van der Waals surface area contributed by atoms with Crippen LogP contribution in [0, 0.1) is 3.57 Å². The maximum atomic E-state index is 11.7. The number of carbonyl (C=O) groups excluding carboxylic acids is 1. The number of rotatable bonds is 4. The van der Waals surface area contributed by atoms with E-state index in [0.29, 0.717) is 12.8 Å². The third-order valence-electron chi connectivity index (χ3n) is 2.38. The number of nitrogens with zero attached hydrogens (tertiary/aromatic N) is 2.